The van der Waals surface area contributed by atoms with Gasteiger partial charge in [0.2, 0.25) is 0 Å². The van der Waals surface area contributed by atoms with Crippen molar-refractivity contribution >= 4 is 23.6 Å². The minimum atomic E-state index is -0.550. The lowest BCUT2D eigenvalue weighted by Crippen LogP contribution is -2.52. The number of carbonyl (C=O) groups is 2. The van der Waals surface area contributed by atoms with Crippen LogP contribution in [0.4, 0.5) is 0 Å². The van der Waals surface area contributed by atoms with Gasteiger partial charge in [-0.15, -0.1) is 0 Å². The molecule has 7 heteroatoms. The van der Waals surface area contributed by atoms with Crippen molar-refractivity contribution in [2.45, 2.75) is 13.0 Å². The molecule has 6 nitrogen and oxygen atoms in total. The Hall–Kier alpha value is -2.20. The van der Waals surface area contributed by atoms with Crippen molar-refractivity contribution in [2.24, 2.45) is 0 Å². The van der Waals surface area contributed by atoms with Gasteiger partial charge in [0.05, 0.1) is 18.2 Å². The second kappa shape index (κ2) is 8.44. The summed E-state index contributed by atoms with van der Waals surface area (Å²) < 4.78 is 10.5. The van der Waals surface area contributed by atoms with Crippen LogP contribution >= 0.6 is 11.8 Å². The minimum Gasteiger partial charge on any atom is -0.484 e. The molecule has 1 saturated heterocycles. The molecule has 0 bridgehead atoms. The summed E-state index contributed by atoms with van der Waals surface area (Å²) >= 11 is 1.63. The molecule has 1 atom stereocenters. The maximum atomic E-state index is 12.3. The molecule has 1 unspecified atom stereocenters. The molecular formula is C16H18N2O4S. The Labute approximate surface area is 139 Å². The smallest absolute Gasteiger partial charge is 0.329 e. The number of thioether (sulfide) groups is 1. The molecule has 1 aliphatic heterocycles. The lowest BCUT2D eigenvalue weighted by atomic mass is 10.2. The van der Waals surface area contributed by atoms with E-state index in [0.717, 1.165) is 5.75 Å². The molecule has 1 heterocycles. The molecule has 0 aliphatic carbocycles. The zero-order chi connectivity index (χ0) is 16.7. The predicted molar refractivity (Wildman–Crippen MR) is 86.1 cm³/mol. The van der Waals surface area contributed by atoms with E-state index in [1.165, 1.54) is 4.90 Å². The zero-order valence-electron chi connectivity index (χ0n) is 12.9. The van der Waals surface area contributed by atoms with E-state index < -0.39 is 6.04 Å². The second-order valence-corrected chi connectivity index (χ2v) is 6.00. The third-order valence-electron chi connectivity index (χ3n) is 3.35. The summed E-state index contributed by atoms with van der Waals surface area (Å²) in [7, 11) is 0. The first-order chi connectivity index (χ1) is 11.2. The third kappa shape index (κ3) is 4.63. The molecule has 0 radical (unpaired) electrons. The van der Waals surface area contributed by atoms with E-state index in [4.69, 9.17) is 14.7 Å². The summed E-state index contributed by atoms with van der Waals surface area (Å²) in [6, 6.07) is 7.99. The van der Waals surface area contributed by atoms with Crippen LogP contribution in [-0.4, -0.2) is 54.1 Å². The van der Waals surface area contributed by atoms with Gasteiger partial charge in [0.15, 0.2) is 6.61 Å². The van der Waals surface area contributed by atoms with Gasteiger partial charge in [0, 0.05) is 18.1 Å². The number of rotatable bonds is 5. The highest BCUT2D eigenvalue weighted by atomic mass is 32.2. The molecule has 1 aromatic carbocycles. The molecule has 1 amide bonds. The topological polar surface area (TPSA) is 79.6 Å². The Morgan fingerprint density at radius 1 is 1.39 bits per heavy atom. The molecule has 0 saturated carbocycles. The van der Waals surface area contributed by atoms with Crippen LogP contribution in [0.2, 0.25) is 0 Å². The van der Waals surface area contributed by atoms with Crippen LogP contribution in [0.5, 0.6) is 5.75 Å². The number of esters is 1. The van der Waals surface area contributed by atoms with Crippen molar-refractivity contribution in [3.8, 4) is 11.8 Å². The van der Waals surface area contributed by atoms with Gasteiger partial charge in [-0.05, 0) is 31.2 Å². The van der Waals surface area contributed by atoms with Crippen LogP contribution in [0.1, 0.15) is 12.5 Å². The third-order valence-corrected chi connectivity index (χ3v) is 4.38. The Balaban J connectivity index is 1.94. The van der Waals surface area contributed by atoms with E-state index in [1.54, 1.807) is 43.0 Å². The highest BCUT2D eigenvalue weighted by molar-refractivity contribution is 7.99. The quantitative estimate of drug-likeness (QED) is 0.758. The number of hydrogen-bond donors (Lipinski definition) is 0. The monoisotopic (exact) mass is 334 g/mol. The fourth-order valence-corrected chi connectivity index (χ4v) is 3.22. The van der Waals surface area contributed by atoms with Gasteiger partial charge in [-0.2, -0.15) is 17.0 Å². The standard InChI is InChI=1S/C16H18N2O4S/c1-2-21-16(20)14-11-23-8-7-18(14)15(19)10-22-13-5-3-12(9-17)4-6-13/h3-6,14H,2,7-8,10-11H2,1H3. The lowest BCUT2D eigenvalue weighted by Gasteiger charge is -2.33. The number of amides is 1. The van der Waals surface area contributed by atoms with E-state index in [-0.39, 0.29) is 18.5 Å². The summed E-state index contributed by atoms with van der Waals surface area (Å²) in [5.41, 5.74) is 0.527. The van der Waals surface area contributed by atoms with Crippen LogP contribution in [0.15, 0.2) is 24.3 Å². The van der Waals surface area contributed by atoms with Gasteiger partial charge < -0.3 is 14.4 Å². The second-order valence-electron chi connectivity index (χ2n) is 4.85. The van der Waals surface area contributed by atoms with Crippen molar-refractivity contribution in [3.63, 3.8) is 0 Å². The predicted octanol–water partition coefficient (Wildman–Crippen LogP) is 1.44. The number of carbonyl (C=O) groups excluding carboxylic acids is 2. The van der Waals surface area contributed by atoms with Gasteiger partial charge in [-0.1, -0.05) is 0 Å². The highest BCUT2D eigenvalue weighted by Crippen LogP contribution is 2.18. The first-order valence-corrected chi connectivity index (χ1v) is 8.48. The molecule has 1 aliphatic rings. The summed E-state index contributed by atoms with van der Waals surface area (Å²) in [6.07, 6.45) is 0. The highest BCUT2D eigenvalue weighted by Gasteiger charge is 2.33. The number of nitrogens with zero attached hydrogens (tertiary/aromatic N) is 2. The van der Waals surface area contributed by atoms with E-state index in [1.807, 2.05) is 6.07 Å². The van der Waals surface area contributed by atoms with E-state index in [2.05, 4.69) is 0 Å². The average molecular weight is 334 g/mol. The Kier molecular flexibility index (Phi) is 6.29. The van der Waals surface area contributed by atoms with Crippen molar-refractivity contribution in [2.75, 3.05) is 31.3 Å². The number of ether oxygens (including phenoxy) is 2. The molecule has 23 heavy (non-hydrogen) atoms. The molecule has 0 spiro atoms. The van der Waals surface area contributed by atoms with Gasteiger partial charge in [-0.25, -0.2) is 4.79 Å². The van der Waals surface area contributed by atoms with E-state index in [0.29, 0.717) is 30.2 Å². The molecule has 1 fully saturated rings. The van der Waals surface area contributed by atoms with E-state index >= 15 is 0 Å². The van der Waals surface area contributed by atoms with Crippen LogP contribution in [0.25, 0.3) is 0 Å². The van der Waals surface area contributed by atoms with Crippen LogP contribution in [0, 0.1) is 11.3 Å². The lowest BCUT2D eigenvalue weighted by molar-refractivity contribution is -0.154. The maximum Gasteiger partial charge on any atom is 0.329 e. The van der Waals surface area contributed by atoms with Crippen molar-refractivity contribution in [3.05, 3.63) is 29.8 Å². The average Bonchev–Trinajstić information content (AvgIpc) is 2.60. The van der Waals surface area contributed by atoms with Crippen molar-refractivity contribution in [1.82, 2.24) is 4.90 Å². The number of benzene rings is 1. The molecular weight excluding hydrogens is 316 g/mol. The van der Waals surface area contributed by atoms with E-state index in [9.17, 15) is 9.59 Å². The Morgan fingerprint density at radius 2 is 2.13 bits per heavy atom. The normalized spacial score (nSPS) is 17.2. The van der Waals surface area contributed by atoms with Crippen molar-refractivity contribution in [1.29, 1.82) is 5.26 Å². The molecule has 0 aromatic heterocycles. The summed E-state index contributed by atoms with van der Waals surface area (Å²) in [4.78, 5) is 25.8. The first-order valence-electron chi connectivity index (χ1n) is 7.32. The molecule has 2 rings (SSSR count). The molecule has 122 valence electrons. The SMILES string of the molecule is CCOC(=O)C1CSCCN1C(=O)COc1ccc(C#N)cc1. The maximum absolute atomic E-state index is 12.3. The van der Waals surface area contributed by atoms with Gasteiger partial charge in [-0.3, -0.25) is 4.79 Å². The first kappa shape index (κ1) is 17.2. The van der Waals surface area contributed by atoms with Gasteiger partial charge in [0.1, 0.15) is 11.8 Å². The minimum absolute atomic E-state index is 0.146. The Bertz CT molecular complexity index is 597. The van der Waals surface area contributed by atoms with Gasteiger partial charge in [0.25, 0.3) is 5.91 Å². The summed E-state index contributed by atoms with van der Waals surface area (Å²) in [6.45, 7) is 2.40. The molecule has 1 aromatic rings. The zero-order valence-corrected chi connectivity index (χ0v) is 13.7. The van der Waals surface area contributed by atoms with Crippen LogP contribution in [0.3, 0.4) is 0 Å². The molecule has 0 N–H and O–H groups in total. The Morgan fingerprint density at radius 3 is 2.78 bits per heavy atom. The fraction of sp³-hybridized carbons (Fsp3) is 0.438. The fourth-order valence-electron chi connectivity index (χ4n) is 2.19. The van der Waals surface area contributed by atoms with Gasteiger partial charge >= 0.3 is 5.97 Å². The largest absolute Gasteiger partial charge is 0.484 e. The van der Waals surface area contributed by atoms with Crippen LogP contribution in [-0.2, 0) is 14.3 Å². The summed E-state index contributed by atoms with van der Waals surface area (Å²) in [5, 5.41) is 8.74. The number of nitriles is 1. The number of hydrogen-bond acceptors (Lipinski definition) is 6. The summed E-state index contributed by atoms with van der Waals surface area (Å²) in [5.74, 6) is 1.23. The van der Waals surface area contributed by atoms with Crippen LogP contribution < -0.4 is 4.74 Å². The van der Waals surface area contributed by atoms with Crippen molar-refractivity contribution < 1.29 is 19.1 Å².